The first-order valence-electron chi connectivity index (χ1n) is 9.92. The molecule has 30 heavy (non-hydrogen) atoms. The molecule has 1 N–H and O–H groups in total. The van der Waals surface area contributed by atoms with Crippen LogP contribution in [0.3, 0.4) is 0 Å². The van der Waals surface area contributed by atoms with Gasteiger partial charge in [-0.05, 0) is 29.8 Å². The quantitative estimate of drug-likeness (QED) is 0.711. The third kappa shape index (κ3) is 4.70. The molecule has 1 fully saturated rings. The van der Waals surface area contributed by atoms with Crippen LogP contribution in [0, 0.1) is 0 Å². The van der Waals surface area contributed by atoms with E-state index in [-0.39, 0.29) is 17.5 Å². The Morgan fingerprint density at radius 3 is 2.40 bits per heavy atom. The maximum atomic E-state index is 13.0. The summed E-state index contributed by atoms with van der Waals surface area (Å²) >= 11 is 0. The van der Waals surface area contributed by atoms with E-state index in [1.54, 1.807) is 13.2 Å². The van der Waals surface area contributed by atoms with Crippen molar-refractivity contribution in [2.45, 2.75) is 10.9 Å². The third-order valence-corrected chi connectivity index (χ3v) is 6.70. The lowest BCUT2D eigenvalue weighted by atomic mass is 10.0. The summed E-state index contributed by atoms with van der Waals surface area (Å²) in [5, 5.41) is 0. The van der Waals surface area contributed by atoms with Crippen LogP contribution in [-0.2, 0) is 14.8 Å². The fraction of sp³-hybridized carbons (Fsp3) is 0.429. The van der Waals surface area contributed by atoms with Crippen molar-refractivity contribution >= 4 is 10.0 Å². The Morgan fingerprint density at radius 1 is 1.00 bits per heavy atom. The summed E-state index contributed by atoms with van der Waals surface area (Å²) in [4.78, 5) is 2.39. The molecule has 162 valence electrons. The molecule has 0 saturated carbocycles. The molecule has 4 rings (SSSR count). The molecular weight excluding hydrogens is 408 g/mol. The number of sulfonamides is 1. The molecule has 0 aromatic heterocycles. The van der Waals surface area contributed by atoms with Gasteiger partial charge in [-0.3, -0.25) is 4.90 Å². The van der Waals surface area contributed by atoms with Crippen LogP contribution in [0.4, 0.5) is 0 Å². The summed E-state index contributed by atoms with van der Waals surface area (Å²) in [5.41, 5.74) is 1.02. The predicted octanol–water partition coefficient (Wildman–Crippen LogP) is 1.82. The number of rotatable bonds is 7. The Bertz CT molecular complexity index is 958. The zero-order valence-corrected chi connectivity index (χ0v) is 17.7. The van der Waals surface area contributed by atoms with Gasteiger partial charge in [0.05, 0.1) is 25.2 Å². The van der Waals surface area contributed by atoms with E-state index in [0.717, 1.165) is 24.4 Å². The van der Waals surface area contributed by atoms with Gasteiger partial charge in [0.15, 0.2) is 11.5 Å². The van der Waals surface area contributed by atoms with Crippen molar-refractivity contribution in [2.24, 2.45) is 0 Å². The van der Waals surface area contributed by atoms with E-state index >= 15 is 0 Å². The van der Waals surface area contributed by atoms with E-state index in [0.29, 0.717) is 37.9 Å². The lowest BCUT2D eigenvalue weighted by Crippen LogP contribution is -2.43. The van der Waals surface area contributed by atoms with Crippen LogP contribution >= 0.6 is 0 Å². The first-order valence-corrected chi connectivity index (χ1v) is 11.4. The molecular formula is C21H26N2O6S. The van der Waals surface area contributed by atoms with Crippen LogP contribution in [-0.4, -0.2) is 66.5 Å². The Balaban J connectivity index is 1.53. The van der Waals surface area contributed by atoms with Gasteiger partial charge in [0.2, 0.25) is 10.0 Å². The molecule has 0 unspecified atom stereocenters. The second kappa shape index (κ2) is 9.22. The number of nitrogens with zero attached hydrogens (tertiary/aromatic N) is 1. The molecule has 1 atom stereocenters. The third-order valence-electron chi connectivity index (χ3n) is 5.28. The van der Waals surface area contributed by atoms with Gasteiger partial charge in [-0.2, -0.15) is 0 Å². The highest BCUT2D eigenvalue weighted by molar-refractivity contribution is 7.89. The standard InChI is InChI=1S/C21H26N2O6S/c1-26-17-4-2-16(3-5-17)19(23-8-10-27-11-9-23)15-22-30(24,25)18-6-7-20-21(14-18)29-13-12-28-20/h2-7,14,19,22H,8-13,15H2,1H3/t19-/m1/s1. The van der Waals surface area contributed by atoms with Crippen LogP contribution in [0.5, 0.6) is 17.2 Å². The highest BCUT2D eigenvalue weighted by Crippen LogP contribution is 2.32. The molecule has 2 aromatic rings. The normalized spacial score (nSPS) is 18.0. The summed E-state index contributed by atoms with van der Waals surface area (Å²) in [6.45, 7) is 3.83. The molecule has 0 radical (unpaired) electrons. The first-order chi connectivity index (χ1) is 14.6. The van der Waals surface area contributed by atoms with Crippen LogP contribution in [0.1, 0.15) is 11.6 Å². The summed E-state index contributed by atoms with van der Waals surface area (Å²) in [5.74, 6) is 1.77. The van der Waals surface area contributed by atoms with Gasteiger partial charge in [-0.15, -0.1) is 0 Å². The first kappa shape index (κ1) is 20.9. The van der Waals surface area contributed by atoms with E-state index in [1.807, 2.05) is 24.3 Å². The monoisotopic (exact) mass is 434 g/mol. The number of hydrogen-bond donors (Lipinski definition) is 1. The minimum Gasteiger partial charge on any atom is -0.497 e. The van der Waals surface area contributed by atoms with Crippen LogP contribution in [0.25, 0.3) is 0 Å². The molecule has 9 heteroatoms. The molecule has 0 aliphatic carbocycles. The number of benzene rings is 2. The highest BCUT2D eigenvalue weighted by atomic mass is 32.2. The average molecular weight is 435 g/mol. The lowest BCUT2D eigenvalue weighted by Gasteiger charge is -2.35. The van der Waals surface area contributed by atoms with Gasteiger partial charge in [0, 0.05) is 31.7 Å². The van der Waals surface area contributed by atoms with Gasteiger partial charge in [-0.1, -0.05) is 12.1 Å². The van der Waals surface area contributed by atoms with Gasteiger partial charge >= 0.3 is 0 Å². The van der Waals surface area contributed by atoms with Crippen molar-refractivity contribution < 1.29 is 27.4 Å². The topological polar surface area (TPSA) is 86.3 Å². The number of nitrogens with one attached hydrogen (secondary N) is 1. The van der Waals surface area contributed by atoms with E-state index in [9.17, 15) is 8.42 Å². The maximum absolute atomic E-state index is 13.0. The second-order valence-electron chi connectivity index (χ2n) is 7.09. The van der Waals surface area contributed by atoms with E-state index < -0.39 is 10.0 Å². The van der Waals surface area contributed by atoms with E-state index in [4.69, 9.17) is 18.9 Å². The van der Waals surface area contributed by atoms with Crippen molar-refractivity contribution in [3.05, 3.63) is 48.0 Å². The summed E-state index contributed by atoms with van der Waals surface area (Å²) in [6, 6.07) is 12.3. The number of methoxy groups -OCH3 is 1. The fourth-order valence-electron chi connectivity index (χ4n) is 3.64. The van der Waals surface area contributed by atoms with E-state index in [2.05, 4.69) is 9.62 Å². The van der Waals surface area contributed by atoms with Crippen molar-refractivity contribution in [3.63, 3.8) is 0 Å². The van der Waals surface area contributed by atoms with Gasteiger partial charge < -0.3 is 18.9 Å². The van der Waals surface area contributed by atoms with Crippen LogP contribution in [0.2, 0.25) is 0 Å². The molecule has 0 bridgehead atoms. The molecule has 0 amide bonds. The van der Waals surface area contributed by atoms with Crippen molar-refractivity contribution in [3.8, 4) is 17.2 Å². The van der Waals surface area contributed by atoms with Crippen LogP contribution < -0.4 is 18.9 Å². The number of morpholine rings is 1. The Kier molecular flexibility index (Phi) is 6.43. The zero-order chi connectivity index (χ0) is 21.0. The molecule has 0 spiro atoms. The maximum Gasteiger partial charge on any atom is 0.240 e. The fourth-order valence-corrected chi connectivity index (χ4v) is 4.69. The summed E-state index contributed by atoms with van der Waals surface area (Å²) in [6.07, 6.45) is 0. The average Bonchev–Trinajstić information content (AvgIpc) is 2.80. The number of fused-ring (bicyclic) bond motifs is 1. The second-order valence-corrected chi connectivity index (χ2v) is 8.86. The highest BCUT2D eigenvalue weighted by Gasteiger charge is 2.26. The van der Waals surface area contributed by atoms with Crippen LogP contribution in [0.15, 0.2) is 47.4 Å². The molecule has 2 heterocycles. The molecule has 2 aliphatic rings. The zero-order valence-electron chi connectivity index (χ0n) is 16.9. The smallest absolute Gasteiger partial charge is 0.240 e. The Hall–Kier alpha value is -2.33. The van der Waals surface area contributed by atoms with Crippen molar-refractivity contribution in [1.29, 1.82) is 0 Å². The molecule has 2 aromatic carbocycles. The van der Waals surface area contributed by atoms with Gasteiger partial charge in [0.1, 0.15) is 19.0 Å². The predicted molar refractivity (Wildman–Crippen MR) is 111 cm³/mol. The van der Waals surface area contributed by atoms with Gasteiger partial charge in [0.25, 0.3) is 0 Å². The minimum absolute atomic E-state index is 0.119. The summed E-state index contributed by atoms with van der Waals surface area (Å²) in [7, 11) is -2.10. The van der Waals surface area contributed by atoms with Gasteiger partial charge in [-0.25, -0.2) is 13.1 Å². The number of hydrogen-bond acceptors (Lipinski definition) is 7. The van der Waals surface area contributed by atoms with E-state index in [1.165, 1.54) is 12.1 Å². The minimum atomic E-state index is -3.72. The SMILES string of the molecule is COc1ccc([C@@H](CNS(=O)(=O)c2ccc3c(c2)OCCO3)N2CCOCC2)cc1. The van der Waals surface area contributed by atoms with Crippen molar-refractivity contribution in [2.75, 3.05) is 53.2 Å². The Labute approximate surface area is 176 Å². The summed E-state index contributed by atoms with van der Waals surface area (Å²) < 4.78 is 50.4. The molecule has 8 nitrogen and oxygen atoms in total. The number of ether oxygens (including phenoxy) is 4. The molecule has 1 saturated heterocycles. The van der Waals surface area contributed by atoms with Crippen molar-refractivity contribution in [1.82, 2.24) is 9.62 Å². The lowest BCUT2D eigenvalue weighted by molar-refractivity contribution is 0.0172. The molecule has 2 aliphatic heterocycles. The Morgan fingerprint density at radius 2 is 1.70 bits per heavy atom. The largest absolute Gasteiger partial charge is 0.497 e.